The van der Waals surface area contributed by atoms with Crippen LogP contribution in [0.5, 0.6) is 0 Å². The highest BCUT2D eigenvalue weighted by Crippen LogP contribution is 2.34. The first-order valence-corrected chi connectivity index (χ1v) is 7.51. The maximum absolute atomic E-state index is 12.1. The molecule has 0 aromatic rings. The van der Waals surface area contributed by atoms with Gasteiger partial charge in [-0.1, -0.05) is 26.7 Å². The summed E-state index contributed by atoms with van der Waals surface area (Å²) < 4.78 is 10.3. The van der Waals surface area contributed by atoms with Crippen molar-refractivity contribution in [2.24, 2.45) is 11.8 Å². The van der Waals surface area contributed by atoms with Crippen LogP contribution in [0.15, 0.2) is 0 Å². The molecule has 0 saturated heterocycles. The second-order valence-corrected chi connectivity index (χ2v) is 5.24. The van der Waals surface area contributed by atoms with Gasteiger partial charge in [-0.3, -0.25) is 9.59 Å². The molecule has 1 unspecified atom stereocenters. The van der Waals surface area contributed by atoms with E-state index >= 15 is 0 Å². The van der Waals surface area contributed by atoms with Gasteiger partial charge in [0.15, 0.2) is 0 Å². The minimum absolute atomic E-state index is 0.174. The Labute approximate surface area is 115 Å². The van der Waals surface area contributed by atoms with E-state index < -0.39 is 0 Å². The highest BCUT2D eigenvalue weighted by molar-refractivity contribution is 5.80. The van der Waals surface area contributed by atoms with E-state index in [2.05, 4.69) is 0 Å². The van der Waals surface area contributed by atoms with Crippen LogP contribution in [0, 0.1) is 11.8 Å². The second kappa shape index (κ2) is 8.94. The Bertz CT molecular complexity index is 282. The molecule has 0 heterocycles. The molecular formula is C15H26O4. The van der Waals surface area contributed by atoms with Crippen molar-refractivity contribution in [1.82, 2.24) is 0 Å². The number of esters is 2. The molecule has 1 aliphatic rings. The summed E-state index contributed by atoms with van der Waals surface area (Å²) in [5, 5.41) is 0. The number of carbonyl (C=O) groups is 2. The summed E-state index contributed by atoms with van der Waals surface area (Å²) in [5.74, 6) is -0.508. The van der Waals surface area contributed by atoms with Crippen LogP contribution in [0.25, 0.3) is 0 Å². The van der Waals surface area contributed by atoms with Gasteiger partial charge in [-0.25, -0.2) is 0 Å². The number of hydrogen-bond acceptors (Lipinski definition) is 4. The van der Waals surface area contributed by atoms with E-state index in [1.807, 2.05) is 13.8 Å². The van der Waals surface area contributed by atoms with Crippen molar-refractivity contribution >= 4 is 11.9 Å². The van der Waals surface area contributed by atoms with Crippen molar-refractivity contribution < 1.29 is 19.1 Å². The normalized spacial score (nSPS) is 17.2. The van der Waals surface area contributed by atoms with E-state index in [-0.39, 0.29) is 24.3 Å². The Morgan fingerprint density at radius 3 is 2.21 bits per heavy atom. The average Bonchev–Trinajstić information content (AvgIpc) is 2.93. The maximum Gasteiger partial charge on any atom is 0.309 e. The quantitative estimate of drug-likeness (QED) is 0.636. The lowest BCUT2D eigenvalue weighted by Crippen LogP contribution is -2.28. The van der Waals surface area contributed by atoms with Gasteiger partial charge in [0.05, 0.1) is 25.6 Å². The standard InChI is InChI=1S/C15H26O4/c1-3-9-18-14(16)11-13(12-7-5-6-8-12)15(17)19-10-4-2/h12-13H,3-11H2,1-2H3. The van der Waals surface area contributed by atoms with Crippen molar-refractivity contribution in [2.75, 3.05) is 13.2 Å². The van der Waals surface area contributed by atoms with Crippen LogP contribution in [0.3, 0.4) is 0 Å². The topological polar surface area (TPSA) is 52.6 Å². The van der Waals surface area contributed by atoms with Gasteiger partial charge < -0.3 is 9.47 Å². The van der Waals surface area contributed by atoms with Crippen LogP contribution in [0.2, 0.25) is 0 Å². The Hall–Kier alpha value is -1.06. The monoisotopic (exact) mass is 270 g/mol. The van der Waals surface area contributed by atoms with Gasteiger partial charge in [0.1, 0.15) is 0 Å². The molecule has 0 radical (unpaired) electrons. The van der Waals surface area contributed by atoms with Gasteiger partial charge in [-0.2, -0.15) is 0 Å². The second-order valence-electron chi connectivity index (χ2n) is 5.24. The van der Waals surface area contributed by atoms with Crippen LogP contribution in [0.4, 0.5) is 0 Å². The molecule has 110 valence electrons. The van der Waals surface area contributed by atoms with E-state index in [0.717, 1.165) is 38.5 Å². The van der Waals surface area contributed by atoms with Crippen LogP contribution < -0.4 is 0 Å². The zero-order chi connectivity index (χ0) is 14.1. The van der Waals surface area contributed by atoms with Gasteiger partial charge in [0, 0.05) is 0 Å². The molecule has 1 aliphatic carbocycles. The van der Waals surface area contributed by atoms with E-state index in [0.29, 0.717) is 19.1 Å². The zero-order valence-electron chi connectivity index (χ0n) is 12.2. The summed E-state index contributed by atoms with van der Waals surface area (Å²) in [5.41, 5.74) is 0. The highest BCUT2D eigenvalue weighted by Gasteiger charge is 2.33. The SMILES string of the molecule is CCCOC(=O)CC(C(=O)OCCC)C1CCCC1. The van der Waals surface area contributed by atoms with E-state index in [1.165, 1.54) is 0 Å². The molecule has 4 nitrogen and oxygen atoms in total. The molecule has 19 heavy (non-hydrogen) atoms. The molecular weight excluding hydrogens is 244 g/mol. The Kier molecular flexibility index (Phi) is 7.53. The summed E-state index contributed by atoms with van der Waals surface area (Å²) in [6, 6.07) is 0. The molecule has 4 heteroatoms. The summed E-state index contributed by atoms with van der Waals surface area (Å²) in [7, 11) is 0. The van der Waals surface area contributed by atoms with Gasteiger partial charge >= 0.3 is 11.9 Å². The lowest BCUT2D eigenvalue weighted by atomic mass is 9.88. The third kappa shape index (κ3) is 5.62. The van der Waals surface area contributed by atoms with Crippen molar-refractivity contribution in [3.8, 4) is 0 Å². The van der Waals surface area contributed by atoms with Crippen molar-refractivity contribution in [1.29, 1.82) is 0 Å². The van der Waals surface area contributed by atoms with Gasteiger partial charge in [-0.15, -0.1) is 0 Å². The Morgan fingerprint density at radius 1 is 1.05 bits per heavy atom. The van der Waals surface area contributed by atoms with E-state index in [4.69, 9.17) is 9.47 Å². The molecule has 0 spiro atoms. The summed E-state index contributed by atoms with van der Waals surface area (Å²) >= 11 is 0. The highest BCUT2D eigenvalue weighted by atomic mass is 16.5. The fourth-order valence-electron chi connectivity index (χ4n) is 2.57. The van der Waals surface area contributed by atoms with Crippen LogP contribution in [0.1, 0.15) is 58.8 Å². The van der Waals surface area contributed by atoms with E-state index in [9.17, 15) is 9.59 Å². The first-order chi connectivity index (χ1) is 9.19. The Morgan fingerprint density at radius 2 is 1.63 bits per heavy atom. The fraction of sp³-hybridized carbons (Fsp3) is 0.867. The molecule has 1 rings (SSSR count). The lowest BCUT2D eigenvalue weighted by Gasteiger charge is -2.21. The van der Waals surface area contributed by atoms with Crippen molar-refractivity contribution in [2.45, 2.75) is 58.8 Å². The molecule has 0 N–H and O–H groups in total. The molecule has 1 atom stereocenters. The molecule has 0 aromatic carbocycles. The van der Waals surface area contributed by atoms with E-state index in [1.54, 1.807) is 0 Å². The fourth-order valence-corrected chi connectivity index (χ4v) is 2.57. The predicted octanol–water partition coefficient (Wildman–Crippen LogP) is 3.09. The third-order valence-corrected chi connectivity index (χ3v) is 3.57. The van der Waals surface area contributed by atoms with Crippen LogP contribution in [-0.4, -0.2) is 25.2 Å². The minimum atomic E-state index is -0.307. The average molecular weight is 270 g/mol. The minimum Gasteiger partial charge on any atom is -0.466 e. The Balaban J connectivity index is 2.53. The smallest absolute Gasteiger partial charge is 0.309 e. The first-order valence-electron chi connectivity index (χ1n) is 7.51. The number of carbonyl (C=O) groups excluding carboxylic acids is 2. The third-order valence-electron chi connectivity index (χ3n) is 3.57. The lowest BCUT2D eigenvalue weighted by molar-refractivity contribution is -0.157. The van der Waals surface area contributed by atoms with Crippen LogP contribution >= 0.6 is 0 Å². The molecule has 1 saturated carbocycles. The maximum atomic E-state index is 12.1. The van der Waals surface area contributed by atoms with Gasteiger partial charge in [0.2, 0.25) is 0 Å². The number of hydrogen-bond donors (Lipinski definition) is 0. The summed E-state index contributed by atoms with van der Waals surface area (Å²) in [4.78, 5) is 23.8. The molecule has 0 amide bonds. The van der Waals surface area contributed by atoms with Crippen molar-refractivity contribution in [3.63, 3.8) is 0 Å². The van der Waals surface area contributed by atoms with Crippen molar-refractivity contribution in [3.05, 3.63) is 0 Å². The molecule has 0 aromatic heterocycles. The first kappa shape index (κ1) is 16.0. The summed E-state index contributed by atoms with van der Waals surface area (Å²) in [6.07, 6.45) is 6.12. The summed E-state index contributed by atoms with van der Waals surface area (Å²) in [6.45, 7) is 4.79. The van der Waals surface area contributed by atoms with Gasteiger partial charge in [0.25, 0.3) is 0 Å². The molecule has 0 bridgehead atoms. The zero-order valence-corrected chi connectivity index (χ0v) is 12.2. The van der Waals surface area contributed by atoms with Crippen LogP contribution in [-0.2, 0) is 19.1 Å². The largest absolute Gasteiger partial charge is 0.466 e. The molecule has 1 fully saturated rings. The molecule has 0 aliphatic heterocycles. The number of rotatable bonds is 8. The van der Waals surface area contributed by atoms with Gasteiger partial charge in [-0.05, 0) is 31.6 Å². The predicted molar refractivity (Wildman–Crippen MR) is 72.6 cm³/mol. The number of ether oxygens (including phenoxy) is 2.